The molecule has 0 atom stereocenters. The number of rotatable bonds is 1. The number of hydrogen-bond donors (Lipinski definition) is 0. The molecule has 2 nitrogen and oxygen atoms in total. The molecule has 0 aliphatic rings. The Morgan fingerprint density at radius 2 is 2.00 bits per heavy atom. The molecule has 0 saturated heterocycles. The minimum Gasteiger partial charge on any atom is -0.264 e. The first-order valence-electron chi connectivity index (χ1n) is 5.11. The van der Waals surface area contributed by atoms with Gasteiger partial charge in [-0.1, -0.05) is 24.3 Å². The van der Waals surface area contributed by atoms with Crippen molar-refractivity contribution in [3.63, 3.8) is 0 Å². The van der Waals surface area contributed by atoms with E-state index in [1.54, 1.807) is 12.4 Å². The molecule has 0 unspecified atom stereocenters. The molecular formula is C14H9N2. The second kappa shape index (κ2) is 3.74. The van der Waals surface area contributed by atoms with Gasteiger partial charge in [-0.2, -0.15) is 0 Å². The molecule has 0 fully saturated rings. The van der Waals surface area contributed by atoms with Crippen molar-refractivity contribution in [2.75, 3.05) is 0 Å². The lowest BCUT2D eigenvalue weighted by molar-refractivity contribution is 1.32. The van der Waals surface area contributed by atoms with E-state index in [1.165, 1.54) is 0 Å². The molecule has 2 heterocycles. The van der Waals surface area contributed by atoms with Gasteiger partial charge in [-0.25, -0.2) is 0 Å². The van der Waals surface area contributed by atoms with Gasteiger partial charge in [0.25, 0.3) is 0 Å². The monoisotopic (exact) mass is 205 g/mol. The summed E-state index contributed by atoms with van der Waals surface area (Å²) >= 11 is 0. The van der Waals surface area contributed by atoms with E-state index in [0.717, 1.165) is 22.0 Å². The number of benzene rings is 1. The van der Waals surface area contributed by atoms with Gasteiger partial charge < -0.3 is 0 Å². The van der Waals surface area contributed by atoms with Gasteiger partial charge in [0.2, 0.25) is 0 Å². The molecule has 1 radical (unpaired) electrons. The maximum atomic E-state index is 4.42. The maximum Gasteiger partial charge on any atom is 0.0787 e. The summed E-state index contributed by atoms with van der Waals surface area (Å²) in [6.07, 6.45) is 5.44. The summed E-state index contributed by atoms with van der Waals surface area (Å²) in [6.45, 7) is 0. The molecule has 16 heavy (non-hydrogen) atoms. The van der Waals surface area contributed by atoms with E-state index >= 15 is 0 Å². The predicted octanol–water partition coefficient (Wildman–Crippen LogP) is 3.10. The molecule has 1 aromatic carbocycles. The molecule has 0 N–H and O–H groups in total. The van der Waals surface area contributed by atoms with Crippen molar-refractivity contribution in [3.8, 4) is 11.3 Å². The minimum absolute atomic E-state index is 0.959. The fourth-order valence-corrected chi connectivity index (χ4v) is 1.77. The molecular weight excluding hydrogens is 196 g/mol. The Bertz CT molecular complexity index is 612. The van der Waals surface area contributed by atoms with Gasteiger partial charge >= 0.3 is 0 Å². The summed E-state index contributed by atoms with van der Waals surface area (Å²) in [4.78, 5) is 8.53. The topological polar surface area (TPSA) is 25.8 Å². The van der Waals surface area contributed by atoms with Gasteiger partial charge in [-0.05, 0) is 18.2 Å². The molecule has 75 valence electrons. The average molecular weight is 205 g/mol. The van der Waals surface area contributed by atoms with Crippen molar-refractivity contribution in [1.82, 2.24) is 9.97 Å². The lowest BCUT2D eigenvalue weighted by Gasteiger charge is -2.04. The van der Waals surface area contributed by atoms with Gasteiger partial charge in [0.05, 0.1) is 5.69 Å². The van der Waals surface area contributed by atoms with E-state index in [4.69, 9.17) is 0 Å². The number of aromatic nitrogens is 2. The van der Waals surface area contributed by atoms with Crippen molar-refractivity contribution >= 4 is 10.8 Å². The Kier molecular flexibility index (Phi) is 2.11. The molecule has 0 amide bonds. The van der Waals surface area contributed by atoms with Gasteiger partial charge in [-0.3, -0.25) is 9.97 Å². The summed E-state index contributed by atoms with van der Waals surface area (Å²) in [5.41, 5.74) is 1.97. The minimum atomic E-state index is 0.959. The summed E-state index contributed by atoms with van der Waals surface area (Å²) in [5.74, 6) is 0. The van der Waals surface area contributed by atoms with Crippen LogP contribution in [-0.2, 0) is 0 Å². The van der Waals surface area contributed by atoms with Gasteiger partial charge in [-0.15, -0.1) is 0 Å². The van der Waals surface area contributed by atoms with Crippen LogP contribution in [0.2, 0.25) is 0 Å². The molecule has 0 saturated carbocycles. The highest BCUT2D eigenvalue weighted by Gasteiger charge is 2.03. The van der Waals surface area contributed by atoms with Crippen LogP contribution in [0.1, 0.15) is 0 Å². The van der Waals surface area contributed by atoms with Crippen LogP contribution in [0.4, 0.5) is 0 Å². The SMILES string of the molecule is [c]1ccccc1-c1nccc2cnccc12. The molecule has 2 heteroatoms. The van der Waals surface area contributed by atoms with Crippen molar-refractivity contribution in [3.05, 3.63) is 61.1 Å². The first-order valence-corrected chi connectivity index (χ1v) is 5.11. The fraction of sp³-hybridized carbons (Fsp3) is 0. The van der Waals surface area contributed by atoms with Crippen molar-refractivity contribution < 1.29 is 0 Å². The Balaban J connectivity index is 2.32. The summed E-state index contributed by atoms with van der Waals surface area (Å²) in [6, 6.07) is 15.0. The third-order valence-corrected chi connectivity index (χ3v) is 2.53. The highest BCUT2D eigenvalue weighted by molar-refractivity contribution is 5.93. The zero-order valence-electron chi connectivity index (χ0n) is 8.59. The smallest absolute Gasteiger partial charge is 0.0787 e. The molecule has 3 aromatic rings. The van der Waals surface area contributed by atoms with E-state index in [0.29, 0.717) is 0 Å². The number of pyridine rings is 2. The Labute approximate surface area is 93.6 Å². The largest absolute Gasteiger partial charge is 0.264 e. The molecule has 0 bridgehead atoms. The van der Waals surface area contributed by atoms with Gasteiger partial charge in [0.1, 0.15) is 0 Å². The standard InChI is InChI=1S/C14H9N2/c1-2-4-11(5-3-1)14-13-7-8-15-10-12(13)6-9-16-14/h1-4,6-10H. The zero-order valence-corrected chi connectivity index (χ0v) is 8.59. The average Bonchev–Trinajstić information content (AvgIpc) is 2.39. The van der Waals surface area contributed by atoms with Crippen molar-refractivity contribution in [1.29, 1.82) is 0 Å². The third-order valence-electron chi connectivity index (χ3n) is 2.53. The van der Waals surface area contributed by atoms with Gasteiger partial charge in [0.15, 0.2) is 0 Å². The highest BCUT2D eigenvalue weighted by atomic mass is 14.7. The van der Waals surface area contributed by atoms with Crippen molar-refractivity contribution in [2.24, 2.45) is 0 Å². The van der Waals surface area contributed by atoms with Crippen LogP contribution in [0, 0.1) is 6.07 Å². The Morgan fingerprint density at radius 1 is 1.00 bits per heavy atom. The summed E-state index contributed by atoms with van der Waals surface area (Å²) in [5, 5.41) is 2.21. The maximum absolute atomic E-state index is 4.42. The van der Waals surface area contributed by atoms with Crippen molar-refractivity contribution in [2.45, 2.75) is 0 Å². The normalized spacial score (nSPS) is 10.5. The first kappa shape index (κ1) is 9.04. The fourth-order valence-electron chi connectivity index (χ4n) is 1.77. The molecule has 0 aliphatic carbocycles. The quantitative estimate of drug-likeness (QED) is 0.610. The number of hydrogen-bond acceptors (Lipinski definition) is 2. The van der Waals surface area contributed by atoms with E-state index in [9.17, 15) is 0 Å². The predicted molar refractivity (Wildman–Crippen MR) is 63.8 cm³/mol. The number of nitrogens with zero attached hydrogens (tertiary/aromatic N) is 2. The lowest BCUT2D eigenvalue weighted by atomic mass is 10.1. The lowest BCUT2D eigenvalue weighted by Crippen LogP contribution is -1.86. The molecule has 3 rings (SSSR count). The van der Waals surface area contributed by atoms with Crippen LogP contribution < -0.4 is 0 Å². The van der Waals surface area contributed by atoms with Crippen LogP contribution in [0.15, 0.2) is 55.0 Å². The van der Waals surface area contributed by atoms with E-state index in [-0.39, 0.29) is 0 Å². The third kappa shape index (κ3) is 1.44. The van der Waals surface area contributed by atoms with Crippen LogP contribution >= 0.6 is 0 Å². The summed E-state index contributed by atoms with van der Waals surface area (Å²) < 4.78 is 0. The number of fused-ring (bicyclic) bond motifs is 1. The zero-order chi connectivity index (χ0) is 10.8. The van der Waals surface area contributed by atoms with E-state index in [2.05, 4.69) is 16.0 Å². The Hall–Kier alpha value is -2.22. The summed E-state index contributed by atoms with van der Waals surface area (Å²) in [7, 11) is 0. The van der Waals surface area contributed by atoms with E-state index < -0.39 is 0 Å². The molecule has 0 aliphatic heterocycles. The second-order valence-corrected chi connectivity index (χ2v) is 3.53. The van der Waals surface area contributed by atoms with E-state index in [1.807, 2.05) is 42.6 Å². The van der Waals surface area contributed by atoms with Gasteiger partial charge in [0, 0.05) is 34.9 Å². The Morgan fingerprint density at radius 3 is 2.88 bits per heavy atom. The van der Waals surface area contributed by atoms with Crippen LogP contribution in [0.3, 0.4) is 0 Å². The second-order valence-electron chi connectivity index (χ2n) is 3.53. The van der Waals surface area contributed by atoms with Crippen LogP contribution in [0.25, 0.3) is 22.0 Å². The first-order chi connectivity index (χ1) is 7.95. The molecule has 0 spiro atoms. The molecule has 2 aromatic heterocycles. The highest BCUT2D eigenvalue weighted by Crippen LogP contribution is 2.24. The van der Waals surface area contributed by atoms with Crippen LogP contribution in [0.5, 0.6) is 0 Å². The van der Waals surface area contributed by atoms with Crippen LogP contribution in [-0.4, -0.2) is 9.97 Å².